The zero-order valence-corrected chi connectivity index (χ0v) is 11.9. The molecule has 22 heavy (non-hydrogen) atoms. The molecule has 1 aromatic rings. The first-order chi connectivity index (χ1) is 10.0. The Morgan fingerprint density at radius 3 is 2.32 bits per heavy atom. The molecule has 4 nitrogen and oxygen atoms in total. The highest BCUT2D eigenvalue weighted by molar-refractivity contribution is 5.97. The molecule has 1 aromatic carbocycles. The van der Waals surface area contributed by atoms with Gasteiger partial charge < -0.3 is 10.4 Å². The predicted molar refractivity (Wildman–Crippen MR) is 69.7 cm³/mol. The summed E-state index contributed by atoms with van der Waals surface area (Å²) in [5, 5.41) is 11.0. The lowest BCUT2D eigenvalue weighted by molar-refractivity contribution is -0.140. The number of nitrogens with one attached hydrogen (secondary N) is 1. The van der Waals surface area contributed by atoms with Gasteiger partial charge in [-0.25, -0.2) is 9.18 Å². The minimum atomic E-state index is -4.73. The fourth-order valence-corrected chi connectivity index (χ4v) is 1.80. The minimum absolute atomic E-state index is 0.0711. The first kappa shape index (κ1) is 17.9. The molecular formula is C14H15F4NO3. The first-order valence-corrected chi connectivity index (χ1v) is 6.42. The fourth-order valence-electron chi connectivity index (χ4n) is 1.80. The number of halogens is 4. The molecule has 0 aliphatic rings. The van der Waals surface area contributed by atoms with Gasteiger partial charge in [-0.15, -0.1) is 0 Å². The molecule has 0 radical (unpaired) electrons. The topological polar surface area (TPSA) is 66.4 Å². The van der Waals surface area contributed by atoms with Gasteiger partial charge in [-0.1, -0.05) is 13.8 Å². The predicted octanol–water partition coefficient (Wildman–Crippen LogP) is 3.07. The summed E-state index contributed by atoms with van der Waals surface area (Å²) in [6, 6.07) is 0.0885. The normalized spacial score (nSPS) is 13.0. The van der Waals surface area contributed by atoms with E-state index in [4.69, 9.17) is 5.11 Å². The van der Waals surface area contributed by atoms with Crippen LogP contribution in [0.2, 0.25) is 0 Å². The van der Waals surface area contributed by atoms with Gasteiger partial charge in [-0.05, 0) is 30.5 Å². The van der Waals surface area contributed by atoms with E-state index in [-0.39, 0.29) is 12.3 Å². The number of alkyl halides is 3. The van der Waals surface area contributed by atoms with Crippen molar-refractivity contribution in [3.8, 4) is 0 Å². The molecule has 0 fully saturated rings. The number of hydrogen-bond acceptors (Lipinski definition) is 2. The standard InChI is InChI=1S/C14H15F4NO3/c1-7(2)5-11(13(21)22)19-12(20)9-6-8(14(16,17)18)3-4-10(9)15/h3-4,6-7,11H,5H2,1-2H3,(H,19,20)(H,21,22)/t11-/m0/s1. The number of carbonyl (C=O) groups excluding carboxylic acids is 1. The molecule has 2 N–H and O–H groups in total. The number of carboxylic acid groups (broad SMARTS) is 1. The third-order valence-electron chi connectivity index (χ3n) is 2.85. The van der Waals surface area contributed by atoms with Crippen LogP contribution >= 0.6 is 0 Å². The highest BCUT2D eigenvalue weighted by Gasteiger charge is 2.32. The Balaban J connectivity index is 3.04. The Hall–Kier alpha value is -2.12. The molecule has 0 aromatic heterocycles. The summed E-state index contributed by atoms with van der Waals surface area (Å²) in [5.41, 5.74) is -2.03. The molecule has 122 valence electrons. The smallest absolute Gasteiger partial charge is 0.416 e. The van der Waals surface area contributed by atoms with Gasteiger partial charge in [0.1, 0.15) is 11.9 Å². The molecule has 0 bridgehead atoms. The largest absolute Gasteiger partial charge is 0.480 e. The number of hydrogen-bond donors (Lipinski definition) is 2. The van der Waals surface area contributed by atoms with Crippen LogP contribution < -0.4 is 5.32 Å². The molecule has 1 rings (SSSR count). The van der Waals surface area contributed by atoms with Gasteiger partial charge in [0, 0.05) is 0 Å². The van der Waals surface area contributed by atoms with Crippen molar-refractivity contribution in [1.82, 2.24) is 5.32 Å². The zero-order valence-electron chi connectivity index (χ0n) is 11.9. The highest BCUT2D eigenvalue weighted by atomic mass is 19.4. The Morgan fingerprint density at radius 2 is 1.86 bits per heavy atom. The van der Waals surface area contributed by atoms with Crippen molar-refractivity contribution in [2.75, 3.05) is 0 Å². The fraction of sp³-hybridized carbons (Fsp3) is 0.429. The summed E-state index contributed by atoms with van der Waals surface area (Å²) in [6.07, 6.45) is -4.66. The van der Waals surface area contributed by atoms with Crippen LogP contribution in [0, 0.1) is 11.7 Å². The van der Waals surface area contributed by atoms with Gasteiger partial charge in [0.25, 0.3) is 5.91 Å². The number of rotatable bonds is 5. The van der Waals surface area contributed by atoms with Crippen molar-refractivity contribution >= 4 is 11.9 Å². The third kappa shape index (κ3) is 4.71. The number of aliphatic carboxylic acids is 1. The van der Waals surface area contributed by atoms with Crippen LogP contribution in [0.1, 0.15) is 36.2 Å². The van der Waals surface area contributed by atoms with Crippen molar-refractivity contribution in [2.45, 2.75) is 32.5 Å². The van der Waals surface area contributed by atoms with E-state index in [0.717, 1.165) is 0 Å². The van der Waals surface area contributed by atoms with E-state index >= 15 is 0 Å². The van der Waals surface area contributed by atoms with Crippen LogP contribution in [0.25, 0.3) is 0 Å². The SMILES string of the molecule is CC(C)C[C@H](NC(=O)c1cc(C(F)(F)F)ccc1F)C(=O)O. The lowest BCUT2D eigenvalue weighted by Gasteiger charge is -2.17. The molecule has 8 heteroatoms. The molecule has 0 unspecified atom stereocenters. The van der Waals surface area contributed by atoms with Gasteiger partial charge >= 0.3 is 12.1 Å². The highest BCUT2D eigenvalue weighted by Crippen LogP contribution is 2.30. The average molecular weight is 321 g/mol. The summed E-state index contributed by atoms with van der Waals surface area (Å²) >= 11 is 0. The number of amides is 1. The molecule has 1 atom stereocenters. The van der Waals surface area contributed by atoms with Crippen molar-refractivity contribution in [3.05, 3.63) is 35.1 Å². The molecular weight excluding hydrogens is 306 g/mol. The van der Waals surface area contributed by atoms with E-state index in [1.165, 1.54) is 0 Å². The maximum absolute atomic E-state index is 13.5. The number of carbonyl (C=O) groups is 2. The van der Waals surface area contributed by atoms with Crippen LogP contribution in [-0.2, 0) is 11.0 Å². The Labute approximate surface area is 124 Å². The maximum Gasteiger partial charge on any atom is 0.416 e. The second kappa shape index (κ2) is 6.76. The molecule has 0 heterocycles. The first-order valence-electron chi connectivity index (χ1n) is 6.42. The quantitative estimate of drug-likeness (QED) is 0.819. The van der Waals surface area contributed by atoms with Crippen molar-refractivity contribution in [2.24, 2.45) is 5.92 Å². The van der Waals surface area contributed by atoms with Crippen molar-refractivity contribution in [3.63, 3.8) is 0 Å². The van der Waals surface area contributed by atoms with Gasteiger partial charge in [0.2, 0.25) is 0 Å². The van der Waals surface area contributed by atoms with Gasteiger partial charge in [0.15, 0.2) is 0 Å². The van der Waals surface area contributed by atoms with Crippen molar-refractivity contribution in [1.29, 1.82) is 0 Å². The van der Waals surface area contributed by atoms with Crippen LogP contribution in [-0.4, -0.2) is 23.0 Å². The van der Waals surface area contributed by atoms with Gasteiger partial charge in [-0.3, -0.25) is 4.79 Å². The third-order valence-corrected chi connectivity index (χ3v) is 2.85. The Bertz CT molecular complexity index is 570. The molecule has 0 spiro atoms. The van der Waals surface area contributed by atoms with E-state index in [0.29, 0.717) is 18.2 Å². The van der Waals surface area contributed by atoms with E-state index in [1.807, 2.05) is 5.32 Å². The molecule has 0 saturated carbocycles. The summed E-state index contributed by atoms with van der Waals surface area (Å²) < 4.78 is 51.3. The van der Waals surface area contributed by atoms with Crippen molar-refractivity contribution < 1.29 is 32.3 Å². The summed E-state index contributed by atoms with van der Waals surface area (Å²) in [5.74, 6) is -3.77. The van der Waals surface area contributed by atoms with Crippen LogP contribution in [0.4, 0.5) is 17.6 Å². The second-order valence-corrected chi connectivity index (χ2v) is 5.19. The van der Waals surface area contributed by atoms with Crippen LogP contribution in [0.15, 0.2) is 18.2 Å². The summed E-state index contributed by atoms with van der Waals surface area (Å²) in [4.78, 5) is 22.9. The average Bonchev–Trinajstić information content (AvgIpc) is 2.36. The molecule has 0 aliphatic heterocycles. The number of carboxylic acids is 1. The molecule has 1 amide bonds. The monoisotopic (exact) mass is 321 g/mol. The lowest BCUT2D eigenvalue weighted by atomic mass is 10.0. The lowest BCUT2D eigenvalue weighted by Crippen LogP contribution is -2.42. The maximum atomic E-state index is 13.5. The van der Waals surface area contributed by atoms with E-state index in [1.54, 1.807) is 13.8 Å². The minimum Gasteiger partial charge on any atom is -0.480 e. The van der Waals surface area contributed by atoms with Crippen LogP contribution in [0.5, 0.6) is 0 Å². The molecule has 0 saturated heterocycles. The summed E-state index contributed by atoms with van der Waals surface area (Å²) in [6.45, 7) is 3.43. The number of benzene rings is 1. The Morgan fingerprint density at radius 1 is 1.27 bits per heavy atom. The van der Waals surface area contributed by atoms with Gasteiger partial charge in [-0.2, -0.15) is 13.2 Å². The Kier molecular flexibility index (Phi) is 5.51. The van der Waals surface area contributed by atoms with Gasteiger partial charge in [0.05, 0.1) is 11.1 Å². The second-order valence-electron chi connectivity index (χ2n) is 5.19. The zero-order chi connectivity index (χ0) is 17.1. The van der Waals surface area contributed by atoms with E-state index < -0.39 is 41.0 Å². The van der Waals surface area contributed by atoms with Crippen LogP contribution in [0.3, 0.4) is 0 Å². The van der Waals surface area contributed by atoms with E-state index in [9.17, 15) is 27.2 Å². The summed E-state index contributed by atoms with van der Waals surface area (Å²) in [7, 11) is 0. The molecule has 0 aliphatic carbocycles. The van der Waals surface area contributed by atoms with E-state index in [2.05, 4.69) is 0 Å².